The van der Waals surface area contributed by atoms with Gasteiger partial charge in [0.1, 0.15) is 5.00 Å². The highest BCUT2D eigenvalue weighted by Crippen LogP contribution is 2.38. The molecule has 0 fully saturated rings. The second-order valence-electron chi connectivity index (χ2n) is 7.51. The van der Waals surface area contributed by atoms with Crippen LogP contribution in [-0.4, -0.2) is 21.6 Å². The van der Waals surface area contributed by atoms with E-state index >= 15 is 0 Å². The molecule has 0 saturated carbocycles. The molecule has 1 aromatic carbocycles. The maximum atomic E-state index is 13.2. The molecule has 0 spiro atoms. The summed E-state index contributed by atoms with van der Waals surface area (Å²) in [6.45, 7) is 2.48. The van der Waals surface area contributed by atoms with Gasteiger partial charge in [0.05, 0.1) is 10.9 Å². The van der Waals surface area contributed by atoms with E-state index < -0.39 is 11.8 Å². The zero-order valence-electron chi connectivity index (χ0n) is 16.9. The summed E-state index contributed by atoms with van der Waals surface area (Å²) in [5.74, 6) is -0.979. The van der Waals surface area contributed by atoms with Crippen molar-refractivity contribution in [3.05, 3.63) is 56.3 Å². The Morgan fingerprint density at radius 2 is 1.93 bits per heavy atom. The molecule has 0 aliphatic heterocycles. The van der Waals surface area contributed by atoms with Crippen molar-refractivity contribution < 1.29 is 9.59 Å². The molecule has 4 rings (SSSR count). The number of nitrogens with one attached hydrogen (secondary N) is 1. The number of unbranched alkanes of at least 4 members (excludes halogenated alkanes) is 1. The van der Waals surface area contributed by atoms with Crippen LogP contribution in [0.15, 0.2) is 29.1 Å². The fraction of sp³-hybridized carbons (Fsp3) is 0.364. The zero-order chi connectivity index (χ0) is 21.3. The summed E-state index contributed by atoms with van der Waals surface area (Å²) in [7, 11) is 0. The molecule has 0 unspecified atom stereocenters. The normalized spacial score (nSPS) is 13.2. The number of nitrogens with zero attached hydrogens (tertiary/aromatic N) is 2. The van der Waals surface area contributed by atoms with Gasteiger partial charge in [0.15, 0.2) is 5.69 Å². The van der Waals surface area contributed by atoms with Crippen LogP contribution in [-0.2, 0) is 19.4 Å². The second-order valence-corrected chi connectivity index (χ2v) is 8.61. The molecule has 30 heavy (non-hydrogen) atoms. The molecular formula is C22H24N4O3S. The van der Waals surface area contributed by atoms with Crippen molar-refractivity contribution in [1.82, 2.24) is 9.78 Å². The van der Waals surface area contributed by atoms with Crippen molar-refractivity contribution in [3.63, 3.8) is 0 Å². The monoisotopic (exact) mass is 424 g/mol. The SMILES string of the molecule is CCCCn1nc(C(=O)Nc2sc3c(c2C(N)=O)CCCC3)c2ccccc2c1=O. The molecule has 8 heteroatoms. The van der Waals surface area contributed by atoms with Crippen molar-refractivity contribution >= 4 is 38.9 Å². The van der Waals surface area contributed by atoms with E-state index in [1.807, 2.05) is 6.92 Å². The Bertz CT molecular complexity index is 1200. The van der Waals surface area contributed by atoms with Crippen LogP contribution in [0.5, 0.6) is 0 Å². The first-order valence-electron chi connectivity index (χ1n) is 10.3. The largest absolute Gasteiger partial charge is 0.365 e. The van der Waals surface area contributed by atoms with Crippen LogP contribution in [0, 0.1) is 0 Å². The highest BCUT2D eigenvalue weighted by Gasteiger charge is 2.26. The first kappa shape index (κ1) is 20.3. The van der Waals surface area contributed by atoms with Gasteiger partial charge in [-0.25, -0.2) is 4.68 Å². The van der Waals surface area contributed by atoms with Crippen molar-refractivity contribution in [2.45, 2.75) is 52.0 Å². The molecule has 2 amide bonds. The molecule has 3 N–H and O–H groups in total. The number of nitrogens with two attached hydrogens (primary N) is 1. The molecule has 2 heterocycles. The lowest BCUT2D eigenvalue weighted by atomic mass is 9.95. The Hall–Kier alpha value is -3.00. The number of anilines is 1. The molecule has 0 saturated heterocycles. The standard InChI is InChI=1S/C22H24N4O3S/c1-2-3-12-26-22(29)14-9-5-4-8-13(14)18(25-26)20(28)24-21-17(19(23)27)15-10-6-7-11-16(15)30-21/h4-5,8-9H,2-3,6-7,10-12H2,1H3,(H2,23,27)(H,24,28). The zero-order valence-corrected chi connectivity index (χ0v) is 17.7. The van der Waals surface area contributed by atoms with Gasteiger partial charge < -0.3 is 11.1 Å². The number of hydrogen-bond acceptors (Lipinski definition) is 5. The molecule has 1 aliphatic rings. The maximum Gasteiger partial charge on any atom is 0.277 e. The fourth-order valence-electron chi connectivity index (χ4n) is 3.94. The van der Waals surface area contributed by atoms with Gasteiger partial charge in [0, 0.05) is 16.8 Å². The number of rotatable bonds is 6. The van der Waals surface area contributed by atoms with E-state index in [-0.39, 0.29) is 11.3 Å². The van der Waals surface area contributed by atoms with Gasteiger partial charge in [0.2, 0.25) is 0 Å². The number of thiophene rings is 1. The third kappa shape index (κ3) is 3.63. The van der Waals surface area contributed by atoms with Crippen LogP contribution in [0.1, 0.15) is 63.9 Å². The second kappa shape index (κ2) is 8.39. The smallest absolute Gasteiger partial charge is 0.277 e. The van der Waals surface area contributed by atoms with Crippen LogP contribution in [0.3, 0.4) is 0 Å². The number of hydrogen-bond donors (Lipinski definition) is 2. The van der Waals surface area contributed by atoms with Crippen molar-refractivity contribution in [1.29, 1.82) is 0 Å². The van der Waals surface area contributed by atoms with Crippen LogP contribution in [0.4, 0.5) is 5.00 Å². The molecule has 3 aromatic rings. The van der Waals surface area contributed by atoms with E-state index in [0.29, 0.717) is 27.9 Å². The molecule has 0 atom stereocenters. The van der Waals surface area contributed by atoms with Crippen LogP contribution in [0.2, 0.25) is 0 Å². The Morgan fingerprint density at radius 3 is 2.67 bits per heavy atom. The molecular weight excluding hydrogens is 400 g/mol. The highest BCUT2D eigenvalue weighted by molar-refractivity contribution is 7.17. The Morgan fingerprint density at radius 1 is 1.20 bits per heavy atom. The quantitative estimate of drug-likeness (QED) is 0.631. The molecule has 1 aliphatic carbocycles. The summed E-state index contributed by atoms with van der Waals surface area (Å²) < 4.78 is 1.36. The van der Waals surface area contributed by atoms with Crippen molar-refractivity contribution in [3.8, 4) is 0 Å². The van der Waals surface area contributed by atoms with Crippen molar-refractivity contribution in [2.75, 3.05) is 5.32 Å². The molecule has 0 radical (unpaired) electrons. The highest BCUT2D eigenvalue weighted by atomic mass is 32.1. The minimum atomic E-state index is -0.532. The van der Waals surface area contributed by atoms with Gasteiger partial charge in [0.25, 0.3) is 17.4 Å². The summed E-state index contributed by atoms with van der Waals surface area (Å²) in [6, 6.07) is 6.97. The number of primary amides is 1. The van der Waals surface area contributed by atoms with Gasteiger partial charge in [-0.3, -0.25) is 14.4 Å². The molecule has 7 nitrogen and oxygen atoms in total. The van der Waals surface area contributed by atoms with Gasteiger partial charge in [-0.2, -0.15) is 5.10 Å². The lowest BCUT2D eigenvalue weighted by molar-refractivity contribution is 0.100. The number of benzene rings is 1. The predicted octanol–water partition coefficient (Wildman–Crippen LogP) is 3.49. The molecule has 0 bridgehead atoms. The maximum absolute atomic E-state index is 13.2. The first-order valence-corrected chi connectivity index (χ1v) is 11.1. The number of aromatic nitrogens is 2. The minimum Gasteiger partial charge on any atom is -0.365 e. The average molecular weight is 425 g/mol. The average Bonchev–Trinajstić information content (AvgIpc) is 3.11. The Labute approximate surface area is 177 Å². The van der Waals surface area contributed by atoms with E-state index in [2.05, 4.69) is 10.4 Å². The summed E-state index contributed by atoms with van der Waals surface area (Å²) in [5.41, 5.74) is 6.97. The summed E-state index contributed by atoms with van der Waals surface area (Å²) >= 11 is 1.41. The van der Waals surface area contributed by atoms with E-state index in [9.17, 15) is 14.4 Å². The van der Waals surface area contributed by atoms with E-state index in [1.165, 1.54) is 16.0 Å². The third-order valence-electron chi connectivity index (χ3n) is 5.45. The van der Waals surface area contributed by atoms with Gasteiger partial charge >= 0.3 is 0 Å². The number of aryl methyl sites for hydroxylation is 2. The summed E-state index contributed by atoms with van der Waals surface area (Å²) in [5, 5.41) is 8.65. The Kier molecular flexibility index (Phi) is 5.67. The number of carbonyl (C=O) groups excluding carboxylic acids is 2. The van der Waals surface area contributed by atoms with Crippen molar-refractivity contribution in [2.24, 2.45) is 5.73 Å². The van der Waals surface area contributed by atoms with Gasteiger partial charge in [-0.15, -0.1) is 11.3 Å². The van der Waals surface area contributed by atoms with E-state index in [4.69, 9.17) is 5.73 Å². The predicted molar refractivity (Wildman–Crippen MR) is 118 cm³/mol. The van der Waals surface area contributed by atoms with Crippen LogP contribution in [0.25, 0.3) is 10.8 Å². The minimum absolute atomic E-state index is 0.170. The van der Waals surface area contributed by atoms with Gasteiger partial charge in [-0.05, 0) is 43.7 Å². The lowest BCUT2D eigenvalue weighted by Gasteiger charge is -2.12. The summed E-state index contributed by atoms with van der Waals surface area (Å²) in [4.78, 5) is 39.2. The van der Waals surface area contributed by atoms with Crippen LogP contribution >= 0.6 is 11.3 Å². The third-order valence-corrected chi connectivity index (χ3v) is 6.66. The van der Waals surface area contributed by atoms with E-state index in [1.54, 1.807) is 24.3 Å². The number of carbonyl (C=O) groups is 2. The lowest BCUT2D eigenvalue weighted by Crippen LogP contribution is -2.28. The Balaban J connectivity index is 1.77. The van der Waals surface area contributed by atoms with E-state index in [0.717, 1.165) is 49.0 Å². The number of fused-ring (bicyclic) bond motifs is 2. The number of amides is 2. The summed E-state index contributed by atoms with van der Waals surface area (Å²) in [6.07, 6.45) is 5.45. The molecule has 156 valence electrons. The first-order chi connectivity index (χ1) is 14.5. The van der Waals surface area contributed by atoms with Gasteiger partial charge in [-0.1, -0.05) is 31.5 Å². The van der Waals surface area contributed by atoms with Crippen LogP contribution < -0.4 is 16.6 Å². The molecule has 2 aromatic heterocycles. The fourth-order valence-corrected chi connectivity index (χ4v) is 5.23. The topological polar surface area (TPSA) is 107 Å².